The Balaban J connectivity index is 2.96. The minimum Gasteiger partial charge on any atom is -0.290 e. The van der Waals surface area contributed by atoms with Crippen LogP contribution in [0.5, 0.6) is 0 Å². The fraction of sp³-hybridized carbons (Fsp3) is 0.125. The number of hydrazine groups is 1. The van der Waals surface area contributed by atoms with Crippen LogP contribution in [0.15, 0.2) is 18.2 Å². The summed E-state index contributed by atoms with van der Waals surface area (Å²) in [7, 11) is 0. The summed E-state index contributed by atoms with van der Waals surface area (Å²) >= 11 is 0. The minimum absolute atomic E-state index is 0.311. The van der Waals surface area contributed by atoms with E-state index in [-0.39, 0.29) is 5.91 Å². The summed E-state index contributed by atoms with van der Waals surface area (Å²) in [5.41, 5.74) is 3.52. The van der Waals surface area contributed by atoms with Crippen LogP contribution in [0.1, 0.15) is 15.9 Å². The lowest BCUT2D eigenvalue weighted by Crippen LogP contribution is -2.30. The molecule has 0 aliphatic heterocycles. The molecule has 57 valence electrons. The SMILES string of the molecule is Cc1cc[c]c(C(=O)NN)c1. The molecule has 3 N–H and O–H groups in total. The van der Waals surface area contributed by atoms with Crippen molar-refractivity contribution in [3.05, 3.63) is 35.4 Å². The summed E-state index contributed by atoms with van der Waals surface area (Å²) in [5.74, 6) is 4.62. The molecule has 0 bridgehead atoms. The summed E-state index contributed by atoms with van der Waals surface area (Å²) < 4.78 is 0. The van der Waals surface area contributed by atoms with Gasteiger partial charge in [-0.1, -0.05) is 17.7 Å². The molecule has 0 fully saturated rings. The molecular formula is C8H9N2O. The van der Waals surface area contributed by atoms with E-state index in [9.17, 15) is 4.79 Å². The second-order valence-corrected chi connectivity index (χ2v) is 2.25. The van der Waals surface area contributed by atoms with Gasteiger partial charge in [-0.25, -0.2) is 5.84 Å². The molecule has 1 aromatic carbocycles. The molecule has 0 atom stereocenters. The zero-order chi connectivity index (χ0) is 8.27. The molecule has 0 saturated carbocycles. The maximum absolute atomic E-state index is 10.9. The van der Waals surface area contributed by atoms with Crippen molar-refractivity contribution < 1.29 is 4.79 Å². The fourth-order valence-electron chi connectivity index (χ4n) is 0.789. The van der Waals surface area contributed by atoms with Gasteiger partial charge in [0.15, 0.2) is 0 Å². The van der Waals surface area contributed by atoms with Gasteiger partial charge < -0.3 is 0 Å². The van der Waals surface area contributed by atoms with E-state index in [0.717, 1.165) is 5.56 Å². The van der Waals surface area contributed by atoms with Gasteiger partial charge in [-0.2, -0.15) is 0 Å². The molecule has 0 aromatic heterocycles. The van der Waals surface area contributed by atoms with Gasteiger partial charge >= 0.3 is 0 Å². The van der Waals surface area contributed by atoms with Crippen molar-refractivity contribution in [2.75, 3.05) is 0 Å². The van der Waals surface area contributed by atoms with Crippen molar-refractivity contribution in [2.24, 2.45) is 5.84 Å². The first-order chi connectivity index (χ1) is 5.24. The number of nitrogens with one attached hydrogen (secondary N) is 1. The second-order valence-electron chi connectivity index (χ2n) is 2.25. The average Bonchev–Trinajstić information content (AvgIpc) is 2.03. The lowest BCUT2D eigenvalue weighted by atomic mass is 10.1. The fourth-order valence-corrected chi connectivity index (χ4v) is 0.789. The third-order valence-electron chi connectivity index (χ3n) is 1.33. The Kier molecular flexibility index (Phi) is 2.23. The summed E-state index contributed by atoms with van der Waals surface area (Å²) in [6, 6.07) is 8.05. The van der Waals surface area contributed by atoms with Crippen molar-refractivity contribution >= 4 is 5.91 Å². The van der Waals surface area contributed by atoms with E-state index in [4.69, 9.17) is 5.84 Å². The Bertz CT molecular complexity index is 271. The second kappa shape index (κ2) is 3.16. The molecule has 3 nitrogen and oxygen atoms in total. The standard InChI is InChI=1S/C8H9N2O/c1-6-3-2-4-7(5-6)8(11)10-9/h2-3,5H,9H2,1H3,(H,10,11). The highest BCUT2D eigenvalue weighted by molar-refractivity contribution is 5.93. The number of hydrogen-bond donors (Lipinski definition) is 2. The smallest absolute Gasteiger partial charge is 0.265 e. The van der Waals surface area contributed by atoms with Crippen LogP contribution < -0.4 is 11.3 Å². The molecule has 0 aliphatic carbocycles. The molecule has 1 radical (unpaired) electrons. The molecule has 0 saturated heterocycles. The summed E-state index contributed by atoms with van der Waals surface area (Å²) in [6.45, 7) is 1.90. The third kappa shape index (κ3) is 1.78. The van der Waals surface area contributed by atoms with Crippen LogP contribution in [0.25, 0.3) is 0 Å². The first-order valence-electron chi connectivity index (χ1n) is 3.23. The largest absolute Gasteiger partial charge is 0.290 e. The van der Waals surface area contributed by atoms with Crippen LogP contribution in [0, 0.1) is 13.0 Å². The van der Waals surface area contributed by atoms with Crippen LogP contribution >= 0.6 is 0 Å². The lowest BCUT2D eigenvalue weighted by molar-refractivity contribution is 0.0953. The molecule has 0 aliphatic rings. The first-order valence-corrected chi connectivity index (χ1v) is 3.23. The first kappa shape index (κ1) is 7.75. The number of hydrogen-bond acceptors (Lipinski definition) is 2. The van der Waals surface area contributed by atoms with Gasteiger partial charge in [0.2, 0.25) is 0 Å². The topological polar surface area (TPSA) is 55.1 Å². The predicted octanol–water partition coefficient (Wildman–Crippen LogP) is 0.399. The quantitative estimate of drug-likeness (QED) is 0.345. The number of carbonyl (C=O) groups excluding carboxylic acids is 1. The Labute approximate surface area is 65.2 Å². The van der Waals surface area contributed by atoms with Crippen molar-refractivity contribution in [2.45, 2.75) is 6.92 Å². The van der Waals surface area contributed by atoms with E-state index in [1.165, 1.54) is 0 Å². The maximum Gasteiger partial charge on any atom is 0.265 e. The lowest BCUT2D eigenvalue weighted by Gasteiger charge is -1.98. The molecule has 0 heterocycles. The highest BCUT2D eigenvalue weighted by atomic mass is 16.2. The minimum atomic E-state index is -0.311. The molecule has 3 heteroatoms. The Morgan fingerprint density at radius 1 is 1.73 bits per heavy atom. The van der Waals surface area contributed by atoms with Crippen molar-refractivity contribution in [1.29, 1.82) is 0 Å². The molecule has 1 rings (SSSR count). The number of nitrogen functional groups attached to an aromatic ring is 1. The molecule has 0 spiro atoms. The van der Waals surface area contributed by atoms with Gasteiger partial charge in [-0.15, -0.1) is 0 Å². The van der Waals surface area contributed by atoms with E-state index >= 15 is 0 Å². The number of rotatable bonds is 1. The van der Waals surface area contributed by atoms with Crippen LogP contribution in [-0.2, 0) is 0 Å². The number of nitrogens with two attached hydrogens (primary N) is 1. The van der Waals surface area contributed by atoms with Crippen LogP contribution in [0.4, 0.5) is 0 Å². The summed E-state index contributed by atoms with van der Waals surface area (Å²) in [4.78, 5) is 10.9. The highest BCUT2D eigenvalue weighted by Crippen LogP contribution is 2.01. The van der Waals surface area contributed by atoms with E-state index in [1.807, 2.05) is 18.4 Å². The van der Waals surface area contributed by atoms with E-state index in [1.54, 1.807) is 12.1 Å². The van der Waals surface area contributed by atoms with E-state index < -0.39 is 0 Å². The highest BCUT2D eigenvalue weighted by Gasteiger charge is 2.01. The normalized spacial score (nSPS) is 9.27. The Morgan fingerprint density at radius 2 is 2.45 bits per heavy atom. The van der Waals surface area contributed by atoms with Crippen molar-refractivity contribution in [3.8, 4) is 0 Å². The van der Waals surface area contributed by atoms with E-state index in [2.05, 4.69) is 6.07 Å². The van der Waals surface area contributed by atoms with Gasteiger partial charge in [0, 0.05) is 5.56 Å². The number of amides is 1. The van der Waals surface area contributed by atoms with E-state index in [0.29, 0.717) is 5.56 Å². The maximum atomic E-state index is 10.9. The van der Waals surface area contributed by atoms with Crippen molar-refractivity contribution in [3.63, 3.8) is 0 Å². The number of carbonyl (C=O) groups is 1. The van der Waals surface area contributed by atoms with Gasteiger partial charge in [0.1, 0.15) is 0 Å². The molecule has 11 heavy (non-hydrogen) atoms. The molecular weight excluding hydrogens is 140 g/mol. The van der Waals surface area contributed by atoms with Gasteiger partial charge in [-0.3, -0.25) is 10.2 Å². The predicted molar refractivity (Wildman–Crippen MR) is 41.7 cm³/mol. The average molecular weight is 149 g/mol. The summed E-state index contributed by atoms with van der Waals surface area (Å²) in [6.07, 6.45) is 0. The number of aryl methyl sites for hydroxylation is 1. The Hall–Kier alpha value is -1.35. The third-order valence-corrected chi connectivity index (χ3v) is 1.33. The van der Waals surface area contributed by atoms with Crippen LogP contribution in [0.2, 0.25) is 0 Å². The molecule has 1 aromatic rings. The van der Waals surface area contributed by atoms with Crippen LogP contribution in [-0.4, -0.2) is 5.91 Å². The number of benzene rings is 1. The Morgan fingerprint density at radius 3 is 3.00 bits per heavy atom. The zero-order valence-electron chi connectivity index (χ0n) is 6.22. The van der Waals surface area contributed by atoms with Gasteiger partial charge in [0.05, 0.1) is 0 Å². The van der Waals surface area contributed by atoms with Crippen LogP contribution in [0.3, 0.4) is 0 Å². The monoisotopic (exact) mass is 149 g/mol. The van der Waals surface area contributed by atoms with Gasteiger partial charge in [0.25, 0.3) is 5.91 Å². The zero-order valence-corrected chi connectivity index (χ0v) is 6.22. The molecule has 0 unspecified atom stereocenters. The molecule has 1 amide bonds. The van der Waals surface area contributed by atoms with Gasteiger partial charge in [-0.05, 0) is 19.1 Å². The van der Waals surface area contributed by atoms with Crippen molar-refractivity contribution in [1.82, 2.24) is 5.43 Å². The summed E-state index contributed by atoms with van der Waals surface area (Å²) in [5, 5.41) is 0.